The van der Waals surface area contributed by atoms with Gasteiger partial charge in [0.2, 0.25) is 0 Å². The molecule has 0 aliphatic carbocycles. The van der Waals surface area contributed by atoms with Crippen LogP contribution in [0.1, 0.15) is 27.6 Å². The van der Waals surface area contributed by atoms with Gasteiger partial charge in [0.1, 0.15) is 0 Å². The molecule has 1 atom stereocenters. The average molecular weight is 320 g/mol. The molecule has 0 spiro atoms. The maximum absolute atomic E-state index is 12.3. The number of aliphatic hydroxyl groups excluding tert-OH is 1. The van der Waals surface area contributed by atoms with Crippen LogP contribution in [0, 0.1) is 0 Å². The molecule has 0 heterocycles. The third-order valence-electron chi connectivity index (χ3n) is 3.28. The molecule has 0 radical (unpaired) electrons. The molecular weight excluding hydrogens is 302 g/mol. The molecule has 0 aromatic heterocycles. The Bertz CT molecular complexity index is 645. The normalized spacial score (nSPS) is 12.0. The second kappa shape index (κ2) is 7.94. The van der Waals surface area contributed by atoms with Crippen molar-refractivity contribution < 1.29 is 14.6 Å². The van der Waals surface area contributed by atoms with E-state index in [2.05, 4.69) is 5.32 Å². The van der Waals surface area contributed by atoms with Crippen LogP contribution in [0.2, 0.25) is 5.02 Å². The standard InChI is InChI=1S/C17H18ClNO3/c1-22-11-12-6-2-3-7-13(12)17(21)19-10-16(20)14-8-4-5-9-15(14)18/h2-9,16,20H,10-11H2,1H3,(H,19,21). The van der Waals surface area contributed by atoms with Crippen molar-refractivity contribution >= 4 is 17.5 Å². The van der Waals surface area contributed by atoms with Crippen LogP contribution in [0.4, 0.5) is 0 Å². The predicted octanol–water partition coefficient (Wildman–Crippen LogP) is 2.95. The van der Waals surface area contributed by atoms with Crippen LogP contribution < -0.4 is 5.32 Å². The third-order valence-corrected chi connectivity index (χ3v) is 3.63. The number of hydrogen-bond acceptors (Lipinski definition) is 3. The predicted molar refractivity (Wildman–Crippen MR) is 85.9 cm³/mol. The van der Waals surface area contributed by atoms with Gasteiger partial charge in [0.25, 0.3) is 5.91 Å². The Morgan fingerprint density at radius 2 is 1.91 bits per heavy atom. The number of halogens is 1. The summed E-state index contributed by atoms with van der Waals surface area (Å²) in [5.41, 5.74) is 1.93. The summed E-state index contributed by atoms with van der Waals surface area (Å²) < 4.78 is 5.08. The van der Waals surface area contributed by atoms with E-state index in [4.69, 9.17) is 16.3 Å². The van der Waals surface area contributed by atoms with Gasteiger partial charge in [-0.15, -0.1) is 0 Å². The number of carbonyl (C=O) groups is 1. The molecule has 0 bridgehead atoms. The lowest BCUT2D eigenvalue weighted by Crippen LogP contribution is -2.29. The van der Waals surface area contributed by atoms with Crippen molar-refractivity contribution in [2.75, 3.05) is 13.7 Å². The SMILES string of the molecule is COCc1ccccc1C(=O)NCC(O)c1ccccc1Cl. The number of aliphatic hydroxyl groups is 1. The quantitative estimate of drug-likeness (QED) is 0.860. The molecule has 2 aromatic rings. The highest BCUT2D eigenvalue weighted by molar-refractivity contribution is 6.31. The van der Waals surface area contributed by atoms with E-state index in [0.29, 0.717) is 22.8 Å². The van der Waals surface area contributed by atoms with E-state index in [9.17, 15) is 9.90 Å². The van der Waals surface area contributed by atoms with E-state index in [-0.39, 0.29) is 12.5 Å². The highest BCUT2D eigenvalue weighted by Crippen LogP contribution is 2.22. The molecule has 4 nitrogen and oxygen atoms in total. The molecule has 0 saturated heterocycles. The first-order valence-corrected chi connectivity index (χ1v) is 7.28. The summed E-state index contributed by atoms with van der Waals surface area (Å²) in [6, 6.07) is 14.2. The molecule has 22 heavy (non-hydrogen) atoms. The van der Waals surface area contributed by atoms with Crippen molar-refractivity contribution in [2.24, 2.45) is 0 Å². The lowest BCUT2D eigenvalue weighted by atomic mass is 10.1. The van der Waals surface area contributed by atoms with Crippen molar-refractivity contribution in [3.63, 3.8) is 0 Å². The van der Waals surface area contributed by atoms with Crippen LogP contribution in [0.25, 0.3) is 0 Å². The zero-order chi connectivity index (χ0) is 15.9. The minimum Gasteiger partial charge on any atom is -0.387 e. The fourth-order valence-corrected chi connectivity index (χ4v) is 2.42. The summed E-state index contributed by atoms with van der Waals surface area (Å²) in [6.07, 6.45) is -0.854. The molecule has 1 unspecified atom stereocenters. The number of carbonyl (C=O) groups excluding carboxylic acids is 1. The first kappa shape index (κ1) is 16.5. The number of hydrogen-bond donors (Lipinski definition) is 2. The maximum Gasteiger partial charge on any atom is 0.251 e. The monoisotopic (exact) mass is 319 g/mol. The third kappa shape index (κ3) is 4.07. The smallest absolute Gasteiger partial charge is 0.251 e. The lowest BCUT2D eigenvalue weighted by molar-refractivity contribution is 0.0911. The molecule has 2 rings (SSSR count). The number of ether oxygens (including phenoxy) is 1. The van der Waals surface area contributed by atoms with Crippen molar-refractivity contribution in [3.8, 4) is 0 Å². The number of nitrogens with one attached hydrogen (secondary N) is 1. The second-order valence-electron chi connectivity index (χ2n) is 4.84. The van der Waals surface area contributed by atoms with Gasteiger partial charge in [-0.05, 0) is 17.7 Å². The number of amides is 1. The molecule has 0 aliphatic rings. The maximum atomic E-state index is 12.3. The van der Waals surface area contributed by atoms with Gasteiger partial charge in [-0.25, -0.2) is 0 Å². The summed E-state index contributed by atoms with van der Waals surface area (Å²) in [4.78, 5) is 12.3. The van der Waals surface area contributed by atoms with E-state index in [1.54, 1.807) is 43.5 Å². The Balaban J connectivity index is 2.03. The van der Waals surface area contributed by atoms with Crippen molar-refractivity contribution in [3.05, 3.63) is 70.2 Å². The first-order valence-electron chi connectivity index (χ1n) is 6.91. The largest absolute Gasteiger partial charge is 0.387 e. The second-order valence-corrected chi connectivity index (χ2v) is 5.24. The van der Waals surface area contributed by atoms with Crippen molar-refractivity contribution in [1.29, 1.82) is 0 Å². The highest BCUT2D eigenvalue weighted by Gasteiger charge is 2.15. The highest BCUT2D eigenvalue weighted by atomic mass is 35.5. The molecule has 1 amide bonds. The van der Waals surface area contributed by atoms with Gasteiger partial charge in [-0.1, -0.05) is 48.0 Å². The van der Waals surface area contributed by atoms with Gasteiger partial charge in [0.15, 0.2) is 0 Å². The number of benzene rings is 2. The minimum atomic E-state index is -0.854. The first-order chi connectivity index (χ1) is 10.6. The Labute approximate surface area is 134 Å². The molecule has 5 heteroatoms. The van der Waals surface area contributed by atoms with E-state index in [0.717, 1.165) is 5.56 Å². The van der Waals surface area contributed by atoms with E-state index < -0.39 is 6.10 Å². The van der Waals surface area contributed by atoms with Crippen LogP contribution in [0.15, 0.2) is 48.5 Å². The Morgan fingerprint density at radius 1 is 1.23 bits per heavy atom. The van der Waals surface area contributed by atoms with Crippen LogP contribution in [0.5, 0.6) is 0 Å². The van der Waals surface area contributed by atoms with Gasteiger partial charge < -0.3 is 15.2 Å². The minimum absolute atomic E-state index is 0.0872. The average Bonchev–Trinajstić information content (AvgIpc) is 2.53. The number of methoxy groups -OCH3 is 1. The van der Waals surface area contributed by atoms with E-state index in [1.165, 1.54) is 0 Å². The van der Waals surface area contributed by atoms with Crippen LogP contribution in [-0.2, 0) is 11.3 Å². The summed E-state index contributed by atoms with van der Waals surface area (Å²) in [5.74, 6) is -0.251. The zero-order valence-electron chi connectivity index (χ0n) is 12.3. The molecule has 0 saturated carbocycles. The van der Waals surface area contributed by atoms with Crippen molar-refractivity contribution in [2.45, 2.75) is 12.7 Å². The molecular formula is C17H18ClNO3. The van der Waals surface area contributed by atoms with Crippen LogP contribution in [-0.4, -0.2) is 24.7 Å². The Morgan fingerprint density at radius 3 is 2.64 bits per heavy atom. The van der Waals surface area contributed by atoms with Gasteiger partial charge in [0, 0.05) is 29.8 Å². The summed E-state index contributed by atoms with van der Waals surface area (Å²) >= 11 is 6.03. The Kier molecular flexibility index (Phi) is 5.95. The van der Waals surface area contributed by atoms with Crippen molar-refractivity contribution in [1.82, 2.24) is 5.32 Å². The van der Waals surface area contributed by atoms with Gasteiger partial charge in [0.05, 0.1) is 12.7 Å². The van der Waals surface area contributed by atoms with E-state index in [1.807, 2.05) is 12.1 Å². The van der Waals surface area contributed by atoms with E-state index >= 15 is 0 Å². The van der Waals surface area contributed by atoms with Crippen LogP contribution >= 0.6 is 11.6 Å². The summed E-state index contributed by atoms with van der Waals surface area (Å²) in [5, 5.41) is 13.3. The van der Waals surface area contributed by atoms with Gasteiger partial charge >= 0.3 is 0 Å². The molecule has 116 valence electrons. The molecule has 0 aliphatic heterocycles. The topological polar surface area (TPSA) is 58.6 Å². The summed E-state index contributed by atoms with van der Waals surface area (Å²) in [6.45, 7) is 0.445. The molecule has 0 fully saturated rings. The zero-order valence-corrected chi connectivity index (χ0v) is 13.0. The lowest BCUT2D eigenvalue weighted by Gasteiger charge is -2.14. The molecule has 2 aromatic carbocycles. The molecule has 2 N–H and O–H groups in total. The number of rotatable bonds is 6. The fraction of sp³-hybridized carbons (Fsp3) is 0.235. The summed E-state index contributed by atoms with van der Waals surface area (Å²) in [7, 11) is 1.58. The van der Waals surface area contributed by atoms with Gasteiger partial charge in [-0.2, -0.15) is 0 Å². The van der Waals surface area contributed by atoms with Crippen LogP contribution in [0.3, 0.4) is 0 Å². The fourth-order valence-electron chi connectivity index (χ4n) is 2.16. The Hall–Kier alpha value is -1.88. The van der Waals surface area contributed by atoms with Gasteiger partial charge in [-0.3, -0.25) is 4.79 Å².